The molecule has 0 atom stereocenters. The molecule has 2 saturated carbocycles. The fourth-order valence-electron chi connectivity index (χ4n) is 3.08. The second-order valence-electron chi connectivity index (χ2n) is 6.86. The molecule has 2 aliphatic rings. The van der Waals surface area contributed by atoms with E-state index in [1.807, 2.05) is 18.2 Å². The molecule has 0 unspecified atom stereocenters. The third-order valence-electron chi connectivity index (χ3n) is 4.73. The Kier molecular flexibility index (Phi) is 5.96. The van der Waals surface area contributed by atoms with E-state index in [4.69, 9.17) is 9.47 Å². The summed E-state index contributed by atoms with van der Waals surface area (Å²) in [6.07, 6.45) is 7.56. The summed E-state index contributed by atoms with van der Waals surface area (Å²) in [7, 11) is 1.66. The van der Waals surface area contributed by atoms with Gasteiger partial charge in [0.15, 0.2) is 11.5 Å². The maximum Gasteiger partial charge on any atom is 0.234 e. The molecule has 1 amide bonds. The lowest BCUT2D eigenvalue weighted by atomic mass is 10.2. The summed E-state index contributed by atoms with van der Waals surface area (Å²) in [5.74, 6) is 2.35. The van der Waals surface area contributed by atoms with Gasteiger partial charge in [-0.25, -0.2) is 0 Å². The summed E-state index contributed by atoms with van der Waals surface area (Å²) >= 11 is 0. The fourth-order valence-corrected chi connectivity index (χ4v) is 3.08. The third kappa shape index (κ3) is 5.13. The molecule has 2 N–H and O–H groups in total. The zero-order valence-electron chi connectivity index (χ0n) is 14.5. The average molecular weight is 332 g/mol. The van der Waals surface area contributed by atoms with Crippen molar-refractivity contribution in [2.75, 3.05) is 20.2 Å². The average Bonchev–Trinajstić information content (AvgIpc) is 3.27. The van der Waals surface area contributed by atoms with Crippen molar-refractivity contribution in [3.63, 3.8) is 0 Å². The molecule has 132 valence electrons. The van der Waals surface area contributed by atoms with Crippen molar-refractivity contribution in [1.82, 2.24) is 10.6 Å². The summed E-state index contributed by atoms with van der Waals surface area (Å²) in [5.41, 5.74) is 1.03. The number of methoxy groups -OCH3 is 1. The monoisotopic (exact) mass is 332 g/mol. The number of rotatable bonds is 9. The lowest BCUT2D eigenvalue weighted by Gasteiger charge is -2.17. The SMILES string of the molecule is COc1ccc(CNC(=O)CNCC2CC2)cc1OC1CCCC1. The minimum Gasteiger partial charge on any atom is -0.493 e. The Morgan fingerprint density at radius 3 is 2.67 bits per heavy atom. The quantitative estimate of drug-likeness (QED) is 0.730. The van der Waals surface area contributed by atoms with E-state index in [9.17, 15) is 4.79 Å². The van der Waals surface area contributed by atoms with Gasteiger partial charge in [0.2, 0.25) is 5.91 Å². The predicted octanol–water partition coefficient (Wildman–Crippen LogP) is 2.63. The Hall–Kier alpha value is -1.75. The number of carbonyl (C=O) groups excluding carboxylic acids is 1. The number of hydrogen-bond donors (Lipinski definition) is 2. The van der Waals surface area contributed by atoms with Crippen LogP contribution in [-0.4, -0.2) is 32.2 Å². The smallest absolute Gasteiger partial charge is 0.234 e. The minimum absolute atomic E-state index is 0.0322. The van der Waals surface area contributed by atoms with E-state index in [1.54, 1.807) is 7.11 Å². The van der Waals surface area contributed by atoms with Crippen molar-refractivity contribution in [1.29, 1.82) is 0 Å². The zero-order chi connectivity index (χ0) is 16.8. The molecule has 2 fully saturated rings. The van der Waals surface area contributed by atoms with Crippen molar-refractivity contribution < 1.29 is 14.3 Å². The van der Waals surface area contributed by atoms with E-state index in [2.05, 4.69) is 10.6 Å². The van der Waals surface area contributed by atoms with Crippen LogP contribution in [0.5, 0.6) is 11.5 Å². The van der Waals surface area contributed by atoms with Crippen LogP contribution in [-0.2, 0) is 11.3 Å². The summed E-state index contributed by atoms with van der Waals surface area (Å²) in [5, 5.41) is 6.16. The van der Waals surface area contributed by atoms with Crippen LogP contribution >= 0.6 is 0 Å². The van der Waals surface area contributed by atoms with E-state index in [0.29, 0.717) is 13.1 Å². The molecule has 0 radical (unpaired) electrons. The van der Waals surface area contributed by atoms with Crippen molar-refractivity contribution in [3.05, 3.63) is 23.8 Å². The molecule has 0 saturated heterocycles. The van der Waals surface area contributed by atoms with Gasteiger partial charge in [-0.05, 0) is 68.7 Å². The maximum absolute atomic E-state index is 11.9. The maximum atomic E-state index is 11.9. The van der Waals surface area contributed by atoms with Crippen molar-refractivity contribution >= 4 is 5.91 Å². The molecule has 0 bridgehead atoms. The number of nitrogens with one attached hydrogen (secondary N) is 2. The fraction of sp³-hybridized carbons (Fsp3) is 0.632. The van der Waals surface area contributed by atoms with Crippen LogP contribution in [0.4, 0.5) is 0 Å². The number of carbonyl (C=O) groups is 1. The lowest BCUT2D eigenvalue weighted by Crippen LogP contribution is -2.34. The topological polar surface area (TPSA) is 59.6 Å². The van der Waals surface area contributed by atoms with Crippen molar-refractivity contribution in [2.24, 2.45) is 5.92 Å². The summed E-state index contributed by atoms with van der Waals surface area (Å²) in [6.45, 7) is 1.85. The van der Waals surface area contributed by atoms with Gasteiger partial charge in [-0.2, -0.15) is 0 Å². The van der Waals surface area contributed by atoms with Gasteiger partial charge in [0.25, 0.3) is 0 Å². The van der Waals surface area contributed by atoms with Gasteiger partial charge >= 0.3 is 0 Å². The van der Waals surface area contributed by atoms with E-state index < -0.39 is 0 Å². The van der Waals surface area contributed by atoms with Crippen LogP contribution in [0.3, 0.4) is 0 Å². The number of ether oxygens (including phenoxy) is 2. The predicted molar refractivity (Wildman–Crippen MR) is 93.3 cm³/mol. The van der Waals surface area contributed by atoms with Gasteiger partial charge in [0, 0.05) is 6.54 Å². The highest BCUT2D eigenvalue weighted by Crippen LogP contribution is 2.32. The molecule has 2 aliphatic carbocycles. The van der Waals surface area contributed by atoms with Gasteiger partial charge in [-0.15, -0.1) is 0 Å². The first kappa shape index (κ1) is 17.1. The zero-order valence-corrected chi connectivity index (χ0v) is 14.5. The second kappa shape index (κ2) is 8.38. The normalized spacial score (nSPS) is 17.7. The summed E-state index contributed by atoms with van der Waals surface area (Å²) < 4.78 is 11.5. The highest BCUT2D eigenvalue weighted by molar-refractivity contribution is 5.78. The van der Waals surface area contributed by atoms with Crippen LogP contribution in [0.25, 0.3) is 0 Å². The number of benzene rings is 1. The molecule has 24 heavy (non-hydrogen) atoms. The van der Waals surface area contributed by atoms with E-state index in [-0.39, 0.29) is 12.0 Å². The Labute approximate surface area is 144 Å². The molecule has 0 heterocycles. The van der Waals surface area contributed by atoms with Gasteiger partial charge in [-0.3, -0.25) is 4.79 Å². The first-order valence-corrected chi connectivity index (χ1v) is 9.05. The van der Waals surface area contributed by atoms with Crippen molar-refractivity contribution in [3.8, 4) is 11.5 Å². The van der Waals surface area contributed by atoms with E-state index in [0.717, 1.165) is 42.4 Å². The Balaban J connectivity index is 1.49. The van der Waals surface area contributed by atoms with Gasteiger partial charge in [-0.1, -0.05) is 6.07 Å². The molecule has 3 rings (SSSR count). The Morgan fingerprint density at radius 2 is 1.96 bits per heavy atom. The first-order chi connectivity index (χ1) is 11.7. The largest absolute Gasteiger partial charge is 0.493 e. The van der Waals surface area contributed by atoms with Gasteiger partial charge in [0.1, 0.15) is 0 Å². The lowest BCUT2D eigenvalue weighted by molar-refractivity contribution is -0.120. The summed E-state index contributed by atoms with van der Waals surface area (Å²) in [4.78, 5) is 11.9. The van der Waals surface area contributed by atoms with Gasteiger partial charge in [0.05, 0.1) is 19.8 Å². The second-order valence-corrected chi connectivity index (χ2v) is 6.86. The highest BCUT2D eigenvalue weighted by atomic mass is 16.5. The van der Waals surface area contributed by atoms with Crippen LogP contribution in [0.1, 0.15) is 44.1 Å². The van der Waals surface area contributed by atoms with Gasteiger partial charge < -0.3 is 20.1 Å². The Bertz CT molecular complexity index is 552. The number of amides is 1. The molecule has 1 aromatic carbocycles. The number of hydrogen-bond acceptors (Lipinski definition) is 4. The molecule has 5 heteroatoms. The standard InChI is InChI=1S/C19H28N2O3/c1-23-17-9-8-15(10-18(17)24-16-4-2-3-5-16)12-21-19(22)13-20-11-14-6-7-14/h8-10,14,16,20H,2-7,11-13H2,1H3,(H,21,22). The van der Waals surface area contributed by atoms with Crippen LogP contribution < -0.4 is 20.1 Å². The van der Waals surface area contributed by atoms with Crippen LogP contribution in [0.2, 0.25) is 0 Å². The van der Waals surface area contributed by atoms with Crippen molar-refractivity contribution in [2.45, 2.75) is 51.2 Å². The molecule has 0 aromatic heterocycles. The van der Waals surface area contributed by atoms with Crippen LogP contribution in [0, 0.1) is 5.92 Å². The van der Waals surface area contributed by atoms with E-state index in [1.165, 1.54) is 25.7 Å². The van der Waals surface area contributed by atoms with E-state index >= 15 is 0 Å². The minimum atomic E-state index is 0.0322. The Morgan fingerprint density at radius 1 is 1.17 bits per heavy atom. The third-order valence-corrected chi connectivity index (χ3v) is 4.73. The van der Waals surface area contributed by atoms with Crippen LogP contribution in [0.15, 0.2) is 18.2 Å². The molecule has 1 aromatic rings. The molecule has 0 spiro atoms. The molecular weight excluding hydrogens is 304 g/mol. The molecule has 0 aliphatic heterocycles. The molecular formula is C19H28N2O3. The first-order valence-electron chi connectivity index (χ1n) is 9.05. The molecule has 5 nitrogen and oxygen atoms in total. The highest BCUT2D eigenvalue weighted by Gasteiger charge is 2.21. The summed E-state index contributed by atoms with van der Waals surface area (Å²) in [6, 6.07) is 5.87.